The highest BCUT2D eigenvalue weighted by atomic mass is 16.6. The maximum atomic E-state index is 11.4. The van der Waals surface area contributed by atoms with E-state index in [1.54, 1.807) is 17.9 Å². The molecule has 7 nitrogen and oxygen atoms in total. The van der Waals surface area contributed by atoms with E-state index in [0.29, 0.717) is 12.1 Å². The molecule has 0 aliphatic heterocycles. The van der Waals surface area contributed by atoms with Gasteiger partial charge in [-0.3, -0.25) is 20.2 Å². The van der Waals surface area contributed by atoms with E-state index in [9.17, 15) is 20.2 Å². The quantitative estimate of drug-likeness (QED) is 0.435. The fraction of sp³-hybridized carbons (Fsp3) is 0.176. The summed E-state index contributed by atoms with van der Waals surface area (Å²) in [6.45, 7) is 5.80. The Morgan fingerprint density at radius 1 is 1.08 bits per heavy atom. The van der Waals surface area contributed by atoms with Gasteiger partial charge >= 0.3 is 0 Å². The third-order valence-corrected chi connectivity index (χ3v) is 3.49. The molecular weight excluding hydrogens is 310 g/mol. The lowest BCUT2D eigenvalue weighted by molar-refractivity contribution is -0.392. The van der Waals surface area contributed by atoms with E-state index in [-0.39, 0.29) is 23.6 Å². The van der Waals surface area contributed by atoms with Crippen molar-refractivity contribution in [1.82, 2.24) is 0 Å². The summed E-state index contributed by atoms with van der Waals surface area (Å²) in [5.74, 6) is 0. The van der Waals surface area contributed by atoms with E-state index in [1.807, 2.05) is 30.3 Å². The lowest BCUT2D eigenvalue weighted by Crippen LogP contribution is -2.24. The van der Waals surface area contributed by atoms with Gasteiger partial charge in [-0.15, -0.1) is 6.58 Å². The lowest BCUT2D eigenvalue weighted by Gasteiger charge is -2.23. The van der Waals surface area contributed by atoms with Crippen LogP contribution in [-0.2, 0) is 6.54 Å². The summed E-state index contributed by atoms with van der Waals surface area (Å²) in [6, 6.07) is 12.0. The standard InChI is InChI=1S/C17H17N3O4/c1-3-9-18(12-14-7-5-4-6-8-14)17-15(19(21)22)10-13(2)11-16(17)20(23)24/h3-8,10-11H,1,9,12H2,2H3. The summed E-state index contributed by atoms with van der Waals surface area (Å²) in [7, 11) is 0. The number of nitro benzene ring substituents is 2. The zero-order valence-electron chi connectivity index (χ0n) is 13.2. The summed E-state index contributed by atoms with van der Waals surface area (Å²) in [5, 5.41) is 22.9. The largest absolute Gasteiger partial charge is 0.352 e. The Bertz CT molecular complexity index is 740. The molecule has 0 bridgehead atoms. The van der Waals surface area contributed by atoms with Crippen LogP contribution >= 0.6 is 0 Å². The molecule has 0 saturated heterocycles. The molecule has 0 heterocycles. The van der Waals surface area contributed by atoms with Gasteiger partial charge in [0.2, 0.25) is 0 Å². The molecule has 2 rings (SSSR count). The highest BCUT2D eigenvalue weighted by Gasteiger charge is 2.30. The highest BCUT2D eigenvalue weighted by Crippen LogP contribution is 2.39. The Balaban J connectivity index is 2.61. The molecule has 0 saturated carbocycles. The molecule has 0 fully saturated rings. The van der Waals surface area contributed by atoms with Crippen molar-refractivity contribution in [2.45, 2.75) is 13.5 Å². The minimum absolute atomic E-state index is 0.000599. The number of nitrogens with zero attached hydrogens (tertiary/aromatic N) is 3. The predicted octanol–water partition coefficient (Wildman–Crippen LogP) is 4.00. The first-order chi connectivity index (χ1) is 11.4. The second-order valence-corrected chi connectivity index (χ2v) is 5.32. The van der Waals surface area contributed by atoms with Crippen LogP contribution in [0, 0.1) is 27.2 Å². The molecule has 2 aromatic carbocycles. The zero-order chi connectivity index (χ0) is 17.7. The van der Waals surface area contributed by atoms with Crippen LogP contribution in [0.4, 0.5) is 17.1 Å². The third-order valence-electron chi connectivity index (χ3n) is 3.49. The summed E-state index contributed by atoms with van der Waals surface area (Å²) in [5.41, 5.74) is 0.803. The molecule has 124 valence electrons. The summed E-state index contributed by atoms with van der Waals surface area (Å²) >= 11 is 0. The lowest BCUT2D eigenvalue weighted by atomic mass is 10.1. The number of aryl methyl sites for hydroxylation is 1. The maximum absolute atomic E-state index is 11.4. The van der Waals surface area contributed by atoms with Crippen molar-refractivity contribution in [3.05, 3.63) is 86.5 Å². The molecule has 0 spiro atoms. The number of nitro groups is 2. The smallest absolute Gasteiger partial charge is 0.299 e. The average molecular weight is 327 g/mol. The van der Waals surface area contributed by atoms with Crippen LogP contribution < -0.4 is 4.90 Å². The van der Waals surface area contributed by atoms with Gasteiger partial charge in [0, 0.05) is 25.2 Å². The number of benzene rings is 2. The van der Waals surface area contributed by atoms with Crippen LogP contribution in [0.2, 0.25) is 0 Å². The van der Waals surface area contributed by atoms with Crippen molar-refractivity contribution in [3.63, 3.8) is 0 Å². The first kappa shape index (κ1) is 17.1. The minimum Gasteiger partial charge on any atom is -0.352 e. The molecule has 0 amide bonds. The number of hydrogen-bond donors (Lipinski definition) is 0. The van der Waals surface area contributed by atoms with Crippen molar-refractivity contribution < 1.29 is 9.85 Å². The Morgan fingerprint density at radius 2 is 1.62 bits per heavy atom. The van der Waals surface area contributed by atoms with E-state index in [0.717, 1.165) is 5.56 Å². The Morgan fingerprint density at radius 3 is 2.08 bits per heavy atom. The first-order valence-corrected chi connectivity index (χ1v) is 7.27. The van der Waals surface area contributed by atoms with Crippen molar-refractivity contribution in [2.75, 3.05) is 11.4 Å². The zero-order valence-corrected chi connectivity index (χ0v) is 13.2. The third kappa shape index (κ3) is 3.75. The monoisotopic (exact) mass is 327 g/mol. The van der Waals surface area contributed by atoms with Gasteiger partial charge in [-0.05, 0) is 18.1 Å². The van der Waals surface area contributed by atoms with Crippen molar-refractivity contribution in [2.24, 2.45) is 0 Å². The fourth-order valence-corrected chi connectivity index (χ4v) is 2.54. The van der Waals surface area contributed by atoms with E-state index in [4.69, 9.17) is 0 Å². The molecule has 0 aliphatic rings. The molecule has 7 heteroatoms. The van der Waals surface area contributed by atoms with Crippen LogP contribution in [0.15, 0.2) is 55.1 Å². The van der Waals surface area contributed by atoms with Gasteiger partial charge in [0.05, 0.1) is 9.85 Å². The molecule has 0 unspecified atom stereocenters. The molecule has 0 N–H and O–H groups in total. The summed E-state index contributed by atoms with van der Waals surface area (Å²) < 4.78 is 0. The maximum Gasteiger partial charge on any atom is 0.299 e. The van der Waals surface area contributed by atoms with Crippen LogP contribution in [0.25, 0.3) is 0 Å². The molecule has 0 aliphatic carbocycles. The van der Waals surface area contributed by atoms with Crippen LogP contribution in [0.5, 0.6) is 0 Å². The summed E-state index contributed by atoms with van der Waals surface area (Å²) in [4.78, 5) is 23.3. The van der Waals surface area contributed by atoms with Crippen molar-refractivity contribution in [1.29, 1.82) is 0 Å². The van der Waals surface area contributed by atoms with Gasteiger partial charge < -0.3 is 4.90 Å². The Kier molecular flexibility index (Phi) is 5.26. The van der Waals surface area contributed by atoms with Gasteiger partial charge in [-0.2, -0.15) is 0 Å². The van der Waals surface area contributed by atoms with Gasteiger partial charge in [0.1, 0.15) is 0 Å². The molecular formula is C17H17N3O4. The Hall–Kier alpha value is -3.22. The molecule has 24 heavy (non-hydrogen) atoms. The second-order valence-electron chi connectivity index (χ2n) is 5.32. The molecule has 0 aromatic heterocycles. The number of anilines is 1. The van der Waals surface area contributed by atoms with Crippen molar-refractivity contribution >= 4 is 17.1 Å². The SMILES string of the molecule is C=CCN(Cc1ccccc1)c1c([N+](=O)[O-])cc(C)cc1[N+](=O)[O-]. The second kappa shape index (κ2) is 7.36. The first-order valence-electron chi connectivity index (χ1n) is 7.27. The van der Waals surface area contributed by atoms with E-state index >= 15 is 0 Å². The van der Waals surface area contributed by atoms with E-state index < -0.39 is 9.85 Å². The van der Waals surface area contributed by atoms with Crippen molar-refractivity contribution in [3.8, 4) is 0 Å². The van der Waals surface area contributed by atoms with Gasteiger partial charge in [0.15, 0.2) is 5.69 Å². The molecule has 2 aromatic rings. The Labute approximate surface area is 139 Å². The summed E-state index contributed by atoms with van der Waals surface area (Å²) in [6.07, 6.45) is 1.57. The number of rotatable bonds is 7. The predicted molar refractivity (Wildman–Crippen MR) is 92.2 cm³/mol. The van der Waals surface area contributed by atoms with Crippen LogP contribution in [0.1, 0.15) is 11.1 Å². The van der Waals surface area contributed by atoms with Crippen LogP contribution in [0.3, 0.4) is 0 Å². The normalized spacial score (nSPS) is 10.2. The topological polar surface area (TPSA) is 89.5 Å². The van der Waals surface area contributed by atoms with E-state index in [1.165, 1.54) is 12.1 Å². The van der Waals surface area contributed by atoms with E-state index in [2.05, 4.69) is 6.58 Å². The minimum atomic E-state index is -0.587. The van der Waals surface area contributed by atoms with Gasteiger partial charge in [-0.1, -0.05) is 36.4 Å². The molecule has 0 atom stereocenters. The average Bonchev–Trinajstić information content (AvgIpc) is 2.54. The van der Waals surface area contributed by atoms with Gasteiger partial charge in [-0.25, -0.2) is 0 Å². The highest BCUT2D eigenvalue weighted by molar-refractivity contribution is 5.76. The van der Waals surface area contributed by atoms with Crippen LogP contribution in [-0.4, -0.2) is 16.4 Å². The molecule has 0 radical (unpaired) electrons. The fourth-order valence-electron chi connectivity index (χ4n) is 2.54. The number of hydrogen-bond acceptors (Lipinski definition) is 5. The van der Waals surface area contributed by atoms with Gasteiger partial charge in [0.25, 0.3) is 11.4 Å².